The number of nitrogens with one attached hydrogen (secondary N) is 1. The molecule has 0 unspecified atom stereocenters. The summed E-state index contributed by atoms with van der Waals surface area (Å²) in [7, 11) is -3.96. The lowest BCUT2D eigenvalue weighted by atomic mass is 10.1. The molecular formula is C21H18FN5O3S2. The Kier molecular flexibility index (Phi) is 5.63. The maximum Gasteiger partial charge on any atom is 0.295 e. The van der Waals surface area contributed by atoms with E-state index in [-0.39, 0.29) is 16.4 Å². The van der Waals surface area contributed by atoms with Crippen LogP contribution in [0, 0.1) is 19.7 Å². The highest BCUT2D eigenvalue weighted by atomic mass is 32.2. The summed E-state index contributed by atoms with van der Waals surface area (Å²) >= 11 is 1.40. The second kappa shape index (κ2) is 8.26. The van der Waals surface area contributed by atoms with E-state index in [0.717, 1.165) is 4.88 Å². The summed E-state index contributed by atoms with van der Waals surface area (Å²) in [6.07, 6.45) is 0. The van der Waals surface area contributed by atoms with Crippen molar-refractivity contribution in [2.24, 2.45) is 5.14 Å². The summed E-state index contributed by atoms with van der Waals surface area (Å²) in [6.45, 7) is 3.46. The van der Waals surface area contributed by atoms with Gasteiger partial charge >= 0.3 is 0 Å². The van der Waals surface area contributed by atoms with Gasteiger partial charge in [-0.15, -0.1) is 16.4 Å². The zero-order valence-electron chi connectivity index (χ0n) is 17.0. The van der Waals surface area contributed by atoms with Crippen LogP contribution >= 0.6 is 11.3 Å². The van der Waals surface area contributed by atoms with Gasteiger partial charge in [-0.25, -0.2) is 27.6 Å². The number of anilines is 1. The van der Waals surface area contributed by atoms with Crippen molar-refractivity contribution in [2.75, 3.05) is 5.32 Å². The first-order valence-corrected chi connectivity index (χ1v) is 11.8. The molecule has 0 aliphatic heterocycles. The van der Waals surface area contributed by atoms with Gasteiger partial charge in [-0.2, -0.15) is 0 Å². The lowest BCUT2D eigenvalue weighted by Crippen LogP contribution is -2.17. The standard InChI is InChI=1S/C21H18FN5O3S2/c1-12-9-16(32(23,29)30)11-17(13(12)2)24-21(28)19-25-20(18-7-4-8-31-18)27(26-19)15-6-3-5-14(22)10-15/h3-11H,1-2H3,(H,24,28)(H2,23,29,30). The van der Waals surface area contributed by atoms with Gasteiger partial charge in [0.1, 0.15) is 5.82 Å². The molecule has 0 saturated carbocycles. The van der Waals surface area contributed by atoms with E-state index in [2.05, 4.69) is 15.4 Å². The van der Waals surface area contributed by atoms with Gasteiger partial charge in [0, 0.05) is 5.69 Å². The van der Waals surface area contributed by atoms with E-state index >= 15 is 0 Å². The molecule has 1 amide bonds. The molecule has 164 valence electrons. The molecule has 0 spiro atoms. The minimum absolute atomic E-state index is 0.117. The third-order valence-electron chi connectivity index (χ3n) is 4.82. The number of sulfonamides is 1. The molecule has 0 fully saturated rings. The number of primary sulfonamides is 1. The minimum atomic E-state index is -3.96. The van der Waals surface area contributed by atoms with Crippen molar-refractivity contribution in [3.63, 3.8) is 0 Å². The topological polar surface area (TPSA) is 120 Å². The van der Waals surface area contributed by atoms with Crippen molar-refractivity contribution < 1.29 is 17.6 Å². The number of aromatic nitrogens is 3. The van der Waals surface area contributed by atoms with Crippen LogP contribution < -0.4 is 10.5 Å². The number of rotatable bonds is 5. The minimum Gasteiger partial charge on any atom is -0.319 e. The van der Waals surface area contributed by atoms with E-state index in [1.54, 1.807) is 19.9 Å². The first-order valence-electron chi connectivity index (χ1n) is 9.36. The van der Waals surface area contributed by atoms with Crippen molar-refractivity contribution in [1.82, 2.24) is 14.8 Å². The number of nitrogens with zero attached hydrogens (tertiary/aromatic N) is 3. The highest BCUT2D eigenvalue weighted by molar-refractivity contribution is 7.89. The van der Waals surface area contributed by atoms with Gasteiger partial charge in [0.2, 0.25) is 15.8 Å². The van der Waals surface area contributed by atoms with Gasteiger partial charge in [0.05, 0.1) is 15.5 Å². The van der Waals surface area contributed by atoms with Gasteiger partial charge in [-0.3, -0.25) is 4.79 Å². The molecule has 3 N–H and O–H groups in total. The summed E-state index contributed by atoms with van der Waals surface area (Å²) in [5.41, 5.74) is 2.00. The number of hydrogen-bond donors (Lipinski definition) is 2. The van der Waals surface area contributed by atoms with Crippen molar-refractivity contribution in [3.05, 3.63) is 76.7 Å². The average molecular weight is 472 g/mol. The van der Waals surface area contributed by atoms with Crippen LogP contribution in [0.3, 0.4) is 0 Å². The quantitative estimate of drug-likeness (QED) is 0.460. The maximum absolute atomic E-state index is 13.8. The molecule has 2 aromatic carbocycles. The zero-order chi connectivity index (χ0) is 23.0. The number of amides is 1. The van der Waals surface area contributed by atoms with E-state index in [1.165, 1.54) is 46.4 Å². The van der Waals surface area contributed by atoms with E-state index in [9.17, 15) is 17.6 Å². The number of benzene rings is 2. The van der Waals surface area contributed by atoms with Crippen LogP contribution in [0.15, 0.2) is 58.8 Å². The molecule has 0 radical (unpaired) electrons. The fourth-order valence-electron chi connectivity index (χ4n) is 3.06. The van der Waals surface area contributed by atoms with E-state index in [0.29, 0.717) is 22.6 Å². The fraction of sp³-hybridized carbons (Fsp3) is 0.0952. The van der Waals surface area contributed by atoms with Crippen LogP contribution in [0.4, 0.5) is 10.1 Å². The number of hydrogen-bond acceptors (Lipinski definition) is 6. The van der Waals surface area contributed by atoms with E-state index in [1.807, 2.05) is 17.5 Å². The molecule has 0 saturated heterocycles. The van der Waals surface area contributed by atoms with Crippen LogP contribution in [-0.4, -0.2) is 29.1 Å². The highest BCUT2D eigenvalue weighted by Crippen LogP contribution is 2.27. The van der Waals surface area contributed by atoms with Crippen LogP contribution in [0.5, 0.6) is 0 Å². The molecule has 4 rings (SSSR count). The van der Waals surface area contributed by atoms with Crippen LogP contribution in [0.2, 0.25) is 0 Å². The number of nitrogens with two attached hydrogens (primary N) is 1. The predicted molar refractivity (Wildman–Crippen MR) is 120 cm³/mol. The van der Waals surface area contributed by atoms with Gasteiger partial charge in [0.25, 0.3) is 5.91 Å². The number of halogens is 1. The molecule has 2 aromatic heterocycles. The Bertz CT molecular complexity index is 1430. The Morgan fingerprint density at radius 3 is 2.59 bits per heavy atom. The van der Waals surface area contributed by atoms with Gasteiger partial charge in [0.15, 0.2) is 5.82 Å². The lowest BCUT2D eigenvalue weighted by molar-refractivity contribution is 0.101. The van der Waals surface area contributed by atoms with Gasteiger partial charge < -0.3 is 5.32 Å². The van der Waals surface area contributed by atoms with Gasteiger partial charge in [-0.1, -0.05) is 12.1 Å². The largest absolute Gasteiger partial charge is 0.319 e. The number of carbonyl (C=O) groups is 1. The molecule has 0 aliphatic rings. The fourth-order valence-corrected chi connectivity index (χ4v) is 4.38. The number of aryl methyl sites for hydroxylation is 1. The Balaban J connectivity index is 1.76. The summed E-state index contributed by atoms with van der Waals surface area (Å²) in [6, 6.07) is 12.2. The zero-order valence-corrected chi connectivity index (χ0v) is 18.7. The average Bonchev–Trinajstić information content (AvgIpc) is 3.40. The summed E-state index contributed by atoms with van der Waals surface area (Å²) in [5, 5.41) is 14.0. The van der Waals surface area contributed by atoms with Crippen molar-refractivity contribution >= 4 is 33.0 Å². The second-order valence-corrected chi connectivity index (χ2v) is 9.55. The molecular weight excluding hydrogens is 453 g/mol. The SMILES string of the molecule is Cc1cc(S(N)(=O)=O)cc(NC(=O)c2nc(-c3cccs3)n(-c3cccc(F)c3)n2)c1C. The molecule has 0 bridgehead atoms. The normalized spacial score (nSPS) is 11.5. The Morgan fingerprint density at radius 1 is 1.16 bits per heavy atom. The highest BCUT2D eigenvalue weighted by Gasteiger charge is 2.21. The molecule has 4 aromatic rings. The van der Waals surface area contributed by atoms with Crippen molar-refractivity contribution in [2.45, 2.75) is 18.7 Å². The summed E-state index contributed by atoms with van der Waals surface area (Å²) in [5.74, 6) is -0.878. The van der Waals surface area contributed by atoms with Crippen molar-refractivity contribution in [3.8, 4) is 16.4 Å². The molecule has 2 heterocycles. The first kappa shape index (κ1) is 21.8. The van der Waals surface area contributed by atoms with Crippen LogP contribution in [0.25, 0.3) is 16.4 Å². The van der Waals surface area contributed by atoms with E-state index in [4.69, 9.17) is 5.14 Å². The van der Waals surface area contributed by atoms with Crippen molar-refractivity contribution in [1.29, 1.82) is 0 Å². The third kappa shape index (κ3) is 4.31. The van der Waals surface area contributed by atoms with E-state index < -0.39 is 21.7 Å². The number of carbonyl (C=O) groups excluding carboxylic acids is 1. The monoisotopic (exact) mass is 471 g/mol. The summed E-state index contributed by atoms with van der Waals surface area (Å²) < 4.78 is 38.7. The molecule has 11 heteroatoms. The first-order chi connectivity index (χ1) is 15.1. The molecule has 8 nitrogen and oxygen atoms in total. The second-order valence-electron chi connectivity index (χ2n) is 7.04. The Hall–Kier alpha value is -3.41. The molecule has 0 atom stereocenters. The Labute approximate surface area is 187 Å². The van der Waals surface area contributed by atoms with Crippen LogP contribution in [-0.2, 0) is 10.0 Å². The molecule has 0 aliphatic carbocycles. The predicted octanol–water partition coefficient (Wildman–Crippen LogP) is 3.65. The maximum atomic E-state index is 13.8. The Morgan fingerprint density at radius 2 is 1.94 bits per heavy atom. The summed E-state index contributed by atoms with van der Waals surface area (Å²) in [4.78, 5) is 18.0. The molecule has 32 heavy (non-hydrogen) atoms. The van der Waals surface area contributed by atoms with Crippen LogP contribution in [0.1, 0.15) is 21.7 Å². The number of thiophene rings is 1. The lowest BCUT2D eigenvalue weighted by Gasteiger charge is -2.11. The third-order valence-corrected chi connectivity index (χ3v) is 6.58. The van der Waals surface area contributed by atoms with Gasteiger partial charge in [-0.05, 0) is 66.8 Å². The smallest absolute Gasteiger partial charge is 0.295 e.